The summed E-state index contributed by atoms with van der Waals surface area (Å²) < 4.78 is 49.8. The van der Waals surface area contributed by atoms with Crippen LogP contribution in [0.4, 0.5) is 18.0 Å². The third-order valence-electron chi connectivity index (χ3n) is 4.17. The molecule has 2 unspecified atom stereocenters. The van der Waals surface area contributed by atoms with Crippen molar-refractivity contribution in [1.29, 1.82) is 0 Å². The number of ether oxygens (including phenoxy) is 1. The van der Waals surface area contributed by atoms with Crippen molar-refractivity contribution in [1.82, 2.24) is 5.06 Å². The number of urea groups is 1. The molecule has 3 rings (SSSR count). The van der Waals surface area contributed by atoms with Gasteiger partial charge in [0.2, 0.25) is 0 Å². The van der Waals surface area contributed by atoms with Crippen molar-refractivity contribution in [2.75, 3.05) is 6.54 Å². The highest BCUT2D eigenvalue weighted by atomic mass is 19.4. The Morgan fingerprint density at radius 3 is 2.81 bits per heavy atom. The summed E-state index contributed by atoms with van der Waals surface area (Å²) in [5.41, 5.74) is 4.52. The van der Waals surface area contributed by atoms with Gasteiger partial charge < -0.3 is 14.9 Å². The number of primary amides is 1. The largest absolute Gasteiger partial charge is 0.458 e. The predicted octanol–water partition coefficient (Wildman–Crippen LogP) is 3.84. The number of hydroxylamine groups is 2. The molecule has 2 heterocycles. The molecule has 1 aromatic heterocycles. The van der Waals surface area contributed by atoms with Crippen LogP contribution < -0.4 is 5.73 Å². The van der Waals surface area contributed by atoms with Gasteiger partial charge in [-0.1, -0.05) is 11.8 Å². The molecule has 2 amide bonds. The Morgan fingerprint density at radius 2 is 2.11 bits per heavy atom. The molecule has 1 fully saturated rings. The van der Waals surface area contributed by atoms with E-state index in [1.807, 2.05) is 0 Å². The van der Waals surface area contributed by atoms with Gasteiger partial charge in [0, 0.05) is 11.8 Å². The number of hydrogen-bond donors (Lipinski definition) is 2. The maximum Gasteiger partial charge on any atom is 0.416 e. The summed E-state index contributed by atoms with van der Waals surface area (Å²) >= 11 is 0. The zero-order chi connectivity index (χ0) is 19.6. The molecule has 0 radical (unpaired) electrons. The zero-order valence-electron chi connectivity index (χ0n) is 14.1. The number of nitrogens with two attached hydrogens (primary N) is 1. The van der Waals surface area contributed by atoms with E-state index in [9.17, 15) is 18.0 Å². The van der Waals surface area contributed by atoms with E-state index in [2.05, 4.69) is 11.8 Å². The molecule has 2 aromatic rings. The Balaban J connectivity index is 1.63. The Kier molecular flexibility index (Phi) is 5.30. The second-order valence-corrected chi connectivity index (χ2v) is 6.12. The average Bonchev–Trinajstić information content (AvgIpc) is 3.23. The van der Waals surface area contributed by atoms with Crippen LogP contribution in [-0.2, 0) is 10.9 Å². The molecule has 27 heavy (non-hydrogen) atoms. The Bertz CT molecular complexity index is 897. The van der Waals surface area contributed by atoms with Crippen LogP contribution in [0.5, 0.6) is 0 Å². The molecule has 1 aromatic carbocycles. The van der Waals surface area contributed by atoms with Gasteiger partial charge in [0.05, 0.1) is 12.1 Å². The molecule has 1 aliphatic heterocycles. The van der Waals surface area contributed by atoms with E-state index in [1.165, 1.54) is 6.07 Å². The molecule has 1 saturated heterocycles. The van der Waals surface area contributed by atoms with Crippen molar-refractivity contribution in [3.63, 3.8) is 0 Å². The first-order chi connectivity index (χ1) is 12.7. The summed E-state index contributed by atoms with van der Waals surface area (Å²) in [6, 6.07) is 3.94. The van der Waals surface area contributed by atoms with Gasteiger partial charge in [0.1, 0.15) is 23.6 Å². The average molecular weight is 382 g/mol. The fourth-order valence-corrected chi connectivity index (χ4v) is 2.81. The topological polar surface area (TPSA) is 88.9 Å². The van der Waals surface area contributed by atoms with Crippen LogP contribution in [0.3, 0.4) is 0 Å². The van der Waals surface area contributed by atoms with Gasteiger partial charge in [-0.05, 0) is 37.1 Å². The fraction of sp³-hybridized carbons (Fsp3) is 0.389. The lowest BCUT2D eigenvalue weighted by Gasteiger charge is -2.09. The van der Waals surface area contributed by atoms with E-state index >= 15 is 0 Å². The number of benzene rings is 1. The maximum atomic E-state index is 12.8. The van der Waals surface area contributed by atoms with Gasteiger partial charge in [0.15, 0.2) is 0 Å². The Hall–Kier alpha value is -2.70. The molecule has 3 N–H and O–H groups in total. The van der Waals surface area contributed by atoms with Crippen molar-refractivity contribution >= 4 is 17.0 Å². The Labute approximate surface area is 152 Å². The first kappa shape index (κ1) is 19.1. The van der Waals surface area contributed by atoms with Crippen molar-refractivity contribution in [2.45, 2.75) is 37.6 Å². The molecule has 0 bridgehead atoms. The summed E-state index contributed by atoms with van der Waals surface area (Å²) in [6.07, 6.45) is -3.65. The minimum Gasteiger partial charge on any atom is -0.458 e. The number of carbonyl (C=O) groups is 1. The third-order valence-corrected chi connectivity index (χ3v) is 4.17. The van der Waals surface area contributed by atoms with E-state index in [0.29, 0.717) is 34.6 Å². The highest BCUT2D eigenvalue weighted by molar-refractivity contribution is 5.79. The van der Waals surface area contributed by atoms with Crippen molar-refractivity contribution in [2.24, 2.45) is 5.73 Å². The van der Waals surface area contributed by atoms with Crippen LogP contribution in [0, 0.1) is 11.8 Å². The molecule has 9 heteroatoms. The van der Waals surface area contributed by atoms with E-state index in [1.54, 1.807) is 6.07 Å². The van der Waals surface area contributed by atoms with E-state index in [0.717, 1.165) is 12.1 Å². The van der Waals surface area contributed by atoms with Crippen LogP contribution in [0.1, 0.15) is 36.7 Å². The molecule has 0 saturated carbocycles. The molecule has 0 spiro atoms. The smallest absolute Gasteiger partial charge is 0.416 e. The summed E-state index contributed by atoms with van der Waals surface area (Å²) in [5.74, 6) is 6.14. The number of amides is 2. The first-order valence-electron chi connectivity index (χ1n) is 8.24. The monoisotopic (exact) mass is 382 g/mol. The summed E-state index contributed by atoms with van der Waals surface area (Å²) in [6.45, 7) is -0.0103. The number of halogens is 3. The summed E-state index contributed by atoms with van der Waals surface area (Å²) in [5, 5.41) is 9.86. The maximum absolute atomic E-state index is 12.8. The highest BCUT2D eigenvalue weighted by Gasteiger charge is 2.32. The highest BCUT2D eigenvalue weighted by Crippen LogP contribution is 2.37. The SMILES string of the molecule is NC(=O)N(O)CCC#CC1CCC(c2cc3cc(C(F)(F)F)ccc3o2)O1. The second kappa shape index (κ2) is 7.50. The van der Waals surface area contributed by atoms with Gasteiger partial charge >= 0.3 is 12.2 Å². The second-order valence-electron chi connectivity index (χ2n) is 6.12. The van der Waals surface area contributed by atoms with Crippen LogP contribution in [0.2, 0.25) is 0 Å². The molecule has 1 aliphatic rings. The minimum atomic E-state index is -4.41. The van der Waals surface area contributed by atoms with Gasteiger partial charge in [-0.2, -0.15) is 13.2 Å². The summed E-state index contributed by atoms with van der Waals surface area (Å²) in [4.78, 5) is 10.7. The number of fused-ring (bicyclic) bond motifs is 1. The third kappa shape index (κ3) is 4.53. The molecular weight excluding hydrogens is 365 g/mol. The van der Waals surface area contributed by atoms with Gasteiger partial charge in [-0.15, -0.1) is 0 Å². The summed E-state index contributed by atoms with van der Waals surface area (Å²) in [7, 11) is 0. The van der Waals surface area contributed by atoms with Crippen LogP contribution in [-0.4, -0.2) is 29.0 Å². The lowest BCUT2D eigenvalue weighted by molar-refractivity contribution is -0.137. The zero-order valence-corrected chi connectivity index (χ0v) is 14.1. The molecule has 2 atom stereocenters. The van der Waals surface area contributed by atoms with Crippen molar-refractivity contribution < 1.29 is 32.3 Å². The lowest BCUT2D eigenvalue weighted by Crippen LogP contribution is -2.33. The quantitative estimate of drug-likeness (QED) is 0.480. The standard InChI is InChI=1S/C18H17F3N2O4/c19-18(20,21)12-4-6-14-11(9-12)10-16(27-14)15-7-5-13(26-15)3-1-2-8-23(25)17(22)24/h4,6,9-10,13,15,25H,2,5,7-8H2,(H2,22,24). The number of hydrogen-bond acceptors (Lipinski definition) is 4. The molecule has 144 valence electrons. The van der Waals surface area contributed by atoms with Crippen molar-refractivity contribution in [3.8, 4) is 11.8 Å². The van der Waals surface area contributed by atoms with E-state index in [4.69, 9.17) is 20.1 Å². The number of rotatable bonds is 3. The number of carbonyl (C=O) groups excluding carboxylic acids is 1. The minimum absolute atomic E-state index is 0.0103. The fourth-order valence-electron chi connectivity index (χ4n) is 2.81. The number of furan rings is 1. The predicted molar refractivity (Wildman–Crippen MR) is 88.5 cm³/mol. The first-order valence-corrected chi connectivity index (χ1v) is 8.24. The lowest BCUT2D eigenvalue weighted by atomic mass is 10.1. The van der Waals surface area contributed by atoms with Crippen LogP contribution >= 0.6 is 0 Å². The Morgan fingerprint density at radius 1 is 1.33 bits per heavy atom. The number of nitrogens with zero attached hydrogens (tertiary/aromatic N) is 1. The van der Waals surface area contributed by atoms with E-state index in [-0.39, 0.29) is 25.2 Å². The van der Waals surface area contributed by atoms with Crippen LogP contribution in [0.25, 0.3) is 11.0 Å². The number of alkyl halides is 3. The van der Waals surface area contributed by atoms with Crippen LogP contribution in [0.15, 0.2) is 28.7 Å². The van der Waals surface area contributed by atoms with Gasteiger partial charge in [-0.3, -0.25) is 5.21 Å². The van der Waals surface area contributed by atoms with Gasteiger partial charge in [-0.25, -0.2) is 9.86 Å². The van der Waals surface area contributed by atoms with Crippen molar-refractivity contribution in [3.05, 3.63) is 35.6 Å². The van der Waals surface area contributed by atoms with Gasteiger partial charge in [0.25, 0.3) is 0 Å². The molecular formula is C18H17F3N2O4. The molecule has 0 aliphatic carbocycles. The van der Waals surface area contributed by atoms with E-state index < -0.39 is 17.8 Å². The molecule has 6 nitrogen and oxygen atoms in total. The normalized spacial score (nSPS) is 19.7.